The number of benzene rings is 9. The molecular weight excluding hydrogens is 865 g/mol. The number of nitrogens with zero attached hydrogens (tertiary/aromatic N) is 3. The molecule has 9 aromatic carbocycles. The van der Waals surface area contributed by atoms with Crippen LogP contribution < -0.4 is 5.32 Å². The van der Waals surface area contributed by atoms with Crippen LogP contribution >= 0.6 is 0 Å². The third kappa shape index (κ3) is 7.60. The van der Waals surface area contributed by atoms with Gasteiger partial charge in [-0.3, -0.25) is 4.99 Å². The van der Waals surface area contributed by atoms with Crippen molar-refractivity contribution in [2.45, 2.75) is 19.3 Å². The molecule has 0 saturated heterocycles. The van der Waals surface area contributed by atoms with Crippen molar-refractivity contribution in [3.8, 4) is 39.1 Å². The zero-order chi connectivity index (χ0) is 48.1. The Hall–Kier alpha value is -9.06. The number of aliphatic imine (C=N–C) groups is 2. The SMILES string of the molecule is C=N/C(=C1/C=CC=CC1=Nc1ccc(-c2ccccc2)cc1)c1ccccc1.CNc1cccc2oc3cc(-c4ccc5c6ccccc6n(-c6ccc7c(c6)C(C)(C)c6ccccc6-7)c5c4)ccc3c12. The lowest BCUT2D eigenvalue weighted by Crippen LogP contribution is -2.15. The molecule has 2 aliphatic rings. The number of nitrogens with one attached hydrogen (secondary N) is 1. The van der Waals surface area contributed by atoms with Crippen LogP contribution in [0.5, 0.6) is 0 Å². The van der Waals surface area contributed by atoms with Gasteiger partial charge in [0.2, 0.25) is 0 Å². The monoisotopic (exact) mass is 914 g/mol. The average molecular weight is 915 g/mol. The highest BCUT2D eigenvalue weighted by Gasteiger charge is 2.35. The Bertz CT molecular complexity index is 3990. The normalized spacial score (nSPS) is 14.7. The number of rotatable bonds is 7. The largest absolute Gasteiger partial charge is 0.456 e. The number of aromatic nitrogens is 1. The van der Waals surface area contributed by atoms with Gasteiger partial charge in [0.05, 0.1) is 33.5 Å². The Labute approximate surface area is 413 Å². The van der Waals surface area contributed by atoms with E-state index in [1.165, 1.54) is 66.4 Å². The lowest BCUT2D eigenvalue weighted by molar-refractivity contribution is 0.660. The highest BCUT2D eigenvalue weighted by atomic mass is 16.3. The standard InChI is InChI=1S/C40H30N2O.C26H20N2/c1-40(2)32-11-6-4-9-27(32)28-20-17-26(23-33(28)40)42-35-13-7-5-10-29(35)30-18-15-24(21-36(30)42)25-16-19-31-38(22-25)43-37-14-8-12-34(41-3)39(31)37;1-27-26(22-12-6-3-7-13-22)24-14-8-9-15-25(24)28-23-18-16-21(17-19-23)20-10-4-2-5-11-20/h4-23,41H,1-3H3;2-19H,1H2/b;26-24-,28-25?. The molecule has 13 rings (SSSR count). The Morgan fingerprint density at radius 1 is 0.535 bits per heavy atom. The fourth-order valence-electron chi connectivity index (χ4n) is 10.7. The van der Waals surface area contributed by atoms with Gasteiger partial charge in [0.15, 0.2) is 0 Å². The maximum Gasteiger partial charge on any atom is 0.137 e. The predicted octanol–water partition coefficient (Wildman–Crippen LogP) is 17.4. The van der Waals surface area contributed by atoms with Gasteiger partial charge in [0.1, 0.15) is 11.2 Å². The van der Waals surface area contributed by atoms with Crippen LogP contribution in [0, 0.1) is 0 Å². The number of allylic oxidation sites excluding steroid dienone is 5. The molecule has 0 unspecified atom stereocenters. The van der Waals surface area contributed by atoms with Gasteiger partial charge < -0.3 is 14.3 Å². The number of hydrogen-bond acceptors (Lipinski definition) is 4. The summed E-state index contributed by atoms with van der Waals surface area (Å²) < 4.78 is 8.77. The van der Waals surface area contributed by atoms with Crippen molar-refractivity contribution in [2.24, 2.45) is 9.98 Å². The van der Waals surface area contributed by atoms with Crippen LogP contribution in [0.2, 0.25) is 0 Å². The van der Waals surface area contributed by atoms with Crippen molar-refractivity contribution in [3.05, 3.63) is 253 Å². The molecule has 0 radical (unpaired) electrons. The summed E-state index contributed by atoms with van der Waals surface area (Å²) in [4.78, 5) is 9.15. The zero-order valence-electron chi connectivity index (χ0n) is 39.9. The van der Waals surface area contributed by atoms with Crippen LogP contribution in [0.4, 0.5) is 11.4 Å². The molecule has 5 heteroatoms. The summed E-state index contributed by atoms with van der Waals surface area (Å²) in [6.45, 7) is 8.47. The molecule has 0 amide bonds. The van der Waals surface area contributed by atoms with E-state index < -0.39 is 0 Å². The lowest BCUT2D eigenvalue weighted by Gasteiger charge is -2.22. The summed E-state index contributed by atoms with van der Waals surface area (Å²) >= 11 is 0. The van der Waals surface area contributed by atoms with E-state index >= 15 is 0 Å². The van der Waals surface area contributed by atoms with Crippen molar-refractivity contribution in [1.82, 2.24) is 4.57 Å². The number of furan rings is 1. The van der Waals surface area contributed by atoms with Crippen molar-refractivity contribution in [2.75, 3.05) is 12.4 Å². The van der Waals surface area contributed by atoms with Gasteiger partial charge in [-0.15, -0.1) is 0 Å². The lowest BCUT2D eigenvalue weighted by atomic mass is 9.82. The van der Waals surface area contributed by atoms with E-state index in [2.05, 4.69) is 169 Å². The highest BCUT2D eigenvalue weighted by Crippen LogP contribution is 2.49. The van der Waals surface area contributed by atoms with Gasteiger partial charge in [-0.05, 0) is 118 Å². The van der Waals surface area contributed by atoms with Gasteiger partial charge in [-0.25, -0.2) is 4.99 Å². The molecule has 1 N–H and O–H groups in total. The molecule has 2 aliphatic carbocycles. The van der Waals surface area contributed by atoms with Gasteiger partial charge in [-0.2, -0.15) is 0 Å². The number of hydrogen-bond donors (Lipinski definition) is 1. The van der Waals surface area contributed by atoms with Crippen LogP contribution in [-0.2, 0) is 5.41 Å². The molecule has 5 nitrogen and oxygen atoms in total. The molecule has 2 aromatic heterocycles. The first-order valence-electron chi connectivity index (χ1n) is 24.1. The minimum absolute atomic E-state index is 0.0546. The molecule has 0 fully saturated rings. The Morgan fingerprint density at radius 3 is 2.00 bits per heavy atom. The second-order valence-electron chi connectivity index (χ2n) is 18.6. The number of anilines is 1. The second-order valence-corrected chi connectivity index (χ2v) is 18.6. The molecule has 71 heavy (non-hydrogen) atoms. The van der Waals surface area contributed by atoms with Crippen molar-refractivity contribution in [1.29, 1.82) is 0 Å². The molecule has 11 aromatic rings. The number of fused-ring (bicyclic) bond motifs is 9. The maximum absolute atomic E-state index is 6.33. The van der Waals surface area contributed by atoms with E-state index in [9.17, 15) is 0 Å². The summed E-state index contributed by atoms with van der Waals surface area (Å²) in [7, 11) is 1.96. The van der Waals surface area contributed by atoms with E-state index in [-0.39, 0.29) is 5.41 Å². The van der Waals surface area contributed by atoms with Crippen molar-refractivity contribution < 1.29 is 4.42 Å². The Balaban J connectivity index is 0.000000160. The fraction of sp³-hybridized carbons (Fsp3) is 0.0606. The van der Waals surface area contributed by atoms with Crippen LogP contribution in [-0.4, -0.2) is 24.0 Å². The minimum Gasteiger partial charge on any atom is -0.456 e. The maximum atomic E-state index is 6.33. The molecule has 340 valence electrons. The summed E-state index contributed by atoms with van der Waals surface area (Å²) in [5.41, 5.74) is 21.2. The topological polar surface area (TPSA) is 54.8 Å². The van der Waals surface area contributed by atoms with Crippen LogP contribution in [0.15, 0.2) is 251 Å². The van der Waals surface area contributed by atoms with Crippen LogP contribution in [0.25, 0.3) is 88.5 Å². The third-order valence-corrected chi connectivity index (χ3v) is 14.2. The van der Waals surface area contributed by atoms with E-state index in [4.69, 9.17) is 9.41 Å². The fourth-order valence-corrected chi connectivity index (χ4v) is 10.7. The van der Waals surface area contributed by atoms with Gasteiger partial charge in [-0.1, -0.05) is 178 Å². The van der Waals surface area contributed by atoms with Crippen molar-refractivity contribution >= 4 is 73.2 Å². The van der Waals surface area contributed by atoms with Gasteiger partial charge >= 0.3 is 0 Å². The molecule has 0 saturated carbocycles. The summed E-state index contributed by atoms with van der Waals surface area (Å²) in [6.07, 6.45) is 8.04. The third-order valence-electron chi connectivity index (χ3n) is 14.2. The smallest absolute Gasteiger partial charge is 0.137 e. The number of para-hydroxylation sites is 1. The zero-order valence-corrected chi connectivity index (χ0v) is 39.9. The van der Waals surface area contributed by atoms with Crippen LogP contribution in [0.1, 0.15) is 30.5 Å². The van der Waals surface area contributed by atoms with Gasteiger partial charge in [0, 0.05) is 51.1 Å². The van der Waals surface area contributed by atoms with E-state index in [1.54, 1.807) is 0 Å². The first kappa shape index (κ1) is 43.2. The Kier molecular flexibility index (Phi) is 10.8. The summed E-state index contributed by atoms with van der Waals surface area (Å²) in [5, 5.41) is 8.08. The molecule has 0 aliphatic heterocycles. The molecule has 0 bridgehead atoms. The van der Waals surface area contributed by atoms with Gasteiger partial charge in [0.25, 0.3) is 0 Å². The minimum atomic E-state index is -0.0546. The second kappa shape index (κ2) is 17.8. The average Bonchev–Trinajstić information content (AvgIpc) is 4.05. The van der Waals surface area contributed by atoms with E-state index in [0.29, 0.717) is 0 Å². The highest BCUT2D eigenvalue weighted by molar-refractivity contribution is 6.17. The first-order chi connectivity index (χ1) is 34.9. The summed E-state index contributed by atoms with van der Waals surface area (Å²) in [5.74, 6) is 0. The first-order valence-corrected chi connectivity index (χ1v) is 24.1. The molecular formula is C66H50N4O. The Morgan fingerprint density at radius 2 is 1.20 bits per heavy atom. The summed E-state index contributed by atoms with van der Waals surface area (Å²) in [6, 6.07) is 72.9. The molecule has 2 heterocycles. The van der Waals surface area contributed by atoms with E-state index in [0.717, 1.165) is 61.4 Å². The van der Waals surface area contributed by atoms with Crippen LogP contribution in [0.3, 0.4) is 0 Å². The van der Waals surface area contributed by atoms with E-state index in [1.807, 2.05) is 104 Å². The molecule has 0 atom stereocenters. The van der Waals surface area contributed by atoms with Crippen molar-refractivity contribution in [3.63, 3.8) is 0 Å². The molecule has 0 spiro atoms. The quantitative estimate of drug-likeness (QED) is 0.162. The predicted molar refractivity (Wildman–Crippen MR) is 301 cm³/mol.